The van der Waals surface area contributed by atoms with Gasteiger partial charge in [0.05, 0.1) is 6.10 Å². The molecule has 0 amide bonds. The summed E-state index contributed by atoms with van der Waals surface area (Å²) in [4.78, 5) is 0. The molecule has 9 heavy (non-hydrogen) atoms. The third-order valence-electron chi connectivity index (χ3n) is 0.821. The van der Waals surface area contributed by atoms with Crippen molar-refractivity contribution in [3.8, 4) is 0 Å². The Labute approximate surface area is 54.4 Å². The van der Waals surface area contributed by atoms with Crippen LogP contribution in [0.2, 0.25) is 0 Å². The normalized spacial score (nSPS) is 14.3. The van der Waals surface area contributed by atoms with E-state index in [1.54, 1.807) is 19.1 Å². The lowest BCUT2D eigenvalue weighted by atomic mass is 10.4. The van der Waals surface area contributed by atoms with Crippen molar-refractivity contribution >= 4 is 0 Å². The molecule has 0 spiro atoms. The maximum absolute atomic E-state index is 11.5. The number of halogens is 1. The van der Waals surface area contributed by atoms with Gasteiger partial charge in [0.1, 0.15) is 6.67 Å². The Morgan fingerprint density at radius 3 is 2.56 bits per heavy atom. The van der Waals surface area contributed by atoms with E-state index in [9.17, 15) is 4.39 Å². The highest BCUT2D eigenvalue weighted by Gasteiger charge is 2.00. The van der Waals surface area contributed by atoms with Gasteiger partial charge in [0, 0.05) is 20.6 Å². The fourth-order valence-electron chi connectivity index (χ4n) is 0.343. The summed E-state index contributed by atoms with van der Waals surface area (Å²) >= 11 is 0. The Balaban J connectivity index is 3.06. The molecule has 4 heteroatoms. The molecule has 1 atom stereocenters. The van der Waals surface area contributed by atoms with E-state index in [1.165, 1.54) is 0 Å². The second-order valence-corrected chi connectivity index (χ2v) is 2.06. The third-order valence-corrected chi connectivity index (χ3v) is 0.821. The van der Waals surface area contributed by atoms with Gasteiger partial charge in [0.15, 0.2) is 0 Å². The summed E-state index contributed by atoms with van der Waals surface area (Å²) in [7, 11) is 3.57. The largest absolute Gasteiger partial charge is 0.389 e. The van der Waals surface area contributed by atoms with Gasteiger partial charge in [-0.05, 0) is 0 Å². The summed E-state index contributed by atoms with van der Waals surface area (Å²) < 4.78 is 11.5. The number of aliphatic hydroxyl groups is 1. The highest BCUT2D eigenvalue weighted by Crippen LogP contribution is 1.80. The van der Waals surface area contributed by atoms with E-state index in [-0.39, 0.29) is 6.54 Å². The minimum atomic E-state index is -0.882. The van der Waals surface area contributed by atoms with Crippen molar-refractivity contribution in [2.45, 2.75) is 6.10 Å². The van der Waals surface area contributed by atoms with E-state index in [2.05, 4.69) is 5.43 Å². The highest BCUT2D eigenvalue weighted by molar-refractivity contribution is 4.53. The molecule has 0 aromatic heterocycles. The lowest BCUT2D eigenvalue weighted by Crippen LogP contribution is -2.37. The molecule has 0 rings (SSSR count). The van der Waals surface area contributed by atoms with Gasteiger partial charge in [-0.2, -0.15) is 0 Å². The smallest absolute Gasteiger partial charge is 0.117 e. The van der Waals surface area contributed by atoms with Gasteiger partial charge in [-0.1, -0.05) is 0 Å². The van der Waals surface area contributed by atoms with Crippen molar-refractivity contribution in [3.63, 3.8) is 0 Å². The molecule has 0 bridgehead atoms. The van der Waals surface area contributed by atoms with Crippen LogP contribution in [0.4, 0.5) is 4.39 Å². The van der Waals surface area contributed by atoms with Gasteiger partial charge >= 0.3 is 0 Å². The van der Waals surface area contributed by atoms with Crippen LogP contribution in [0.3, 0.4) is 0 Å². The maximum atomic E-state index is 11.5. The fourth-order valence-corrected chi connectivity index (χ4v) is 0.343. The molecule has 0 saturated heterocycles. The standard InChI is InChI=1S/C5H13FN2O/c1-8(2)7-4-5(9)3-6/h5,7,9H,3-4H2,1-2H3. The Hall–Kier alpha value is -0.190. The quantitative estimate of drug-likeness (QED) is 0.506. The number of alkyl halides is 1. The molecule has 0 aliphatic heterocycles. The van der Waals surface area contributed by atoms with Gasteiger partial charge in [-0.25, -0.2) is 4.39 Å². The Kier molecular flexibility index (Phi) is 4.57. The van der Waals surface area contributed by atoms with E-state index in [4.69, 9.17) is 5.11 Å². The molecule has 0 aliphatic rings. The molecule has 0 aromatic rings. The maximum Gasteiger partial charge on any atom is 0.117 e. The molecule has 0 heterocycles. The minimum absolute atomic E-state index is 0.267. The molecule has 0 saturated carbocycles. The number of nitrogens with one attached hydrogen (secondary N) is 1. The van der Waals surface area contributed by atoms with Crippen molar-refractivity contribution in [1.82, 2.24) is 10.4 Å². The number of hydrazine groups is 1. The first-order valence-corrected chi connectivity index (χ1v) is 2.81. The van der Waals surface area contributed by atoms with Crippen LogP contribution in [-0.4, -0.2) is 43.5 Å². The minimum Gasteiger partial charge on any atom is -0.389 e. The van der Waals surface area contributed by atoms with E-state index in [0.29, 0.717) is 0 Å². The Morgan fingerprint density at radius 2 is 2.22 bits per heavy atom. The third kappa shape index (κ3) is 5.68. The summed E-state index contributed by atoms with van der Waals surface area (Å²) in [6.07, 6.45) is -0.882. The molecular weight excluding hydrogens is 123 g/mol. The molecule has 0 aliphatic carbocycles. The number of hydrogen-bond acceptors (Lipinski definition) is 3. The van der Waals surface area contributed by atoms with Crippen LogP contribution in [0, 0.1) is 0 Å². The Morgan fingerprint density at radius 1 is 1.67 bits per heavy atom. The number of aliphatic hydroxyl groups excluding tert-OH is 1. The molecule has 0 fully saturated rings. The predicted octanol–water partition coefficient (Wildman–Crippen LogP) is -0.617. The first-order chi connectivity index (χ1) is 4.16. The van der Waals surface area contributed by atoms with E-state index >= 15 is 0 Å². The second kappa shape index (κ2) is 4.67. The molecule has 3 nitrogen and oxygen atoms in total. The van der Waals surface area contributed by atoms with Crippen LogP contribution < -0.4 is 5.43 Å². The van der Waals surface area contributed by atoms with Crippen LogP contribution in [0.5, 0.6) is 0 Å². The van der Waals surface area contributed by atoms with Crippen LogP contribution >= 0.6 is 0 Å². The molecule has 2 N–H and O–H groups in total. The number of hydrogen-bond donors (Lipinski definition) is 2. The van der Waals surface area contributed by atoms with Crippen LogP contribution in [0.15, 0.2) is 0 Å². The monoisotopic (exact) mass is 136 g/mol. The van der Waals surface area contributed by atoms with Gasteiger partial charge in [-0.15, -0.1) is 0 Å². The van der Waals surface area contributed by atoms with Crippen LogP contribution in [0.1, 0.15) is 0 Å². The van der Waals surface area contributed by atoms with Crippen molar-refractivity contribution < 1.29 is 9.50 Å². The summed E-state index contributed by atoms with van der Waals surface area (Å²) in [5.41, 5.74) is 2.74. The summed E-state index contributed by atoms with van der Waals surface area (Å²) in [6, 6.07) is 0. The van der Waals surface area contributed by atoms with Crippen molar-refractivity contribution in [2.75, 3.05) is 27.3 Å². The number of nitrogens with zero attached hydrogens (tertiary/aromatic N) is 1. The average molecular weight is 136 g/mol. The van der Waals surface area contributed by atoms with Crippen LogP contribution in [0.25, 0.3) is 0 Å². The molecular formula is C5H13FN2O. The van der Waals surface area contributed by atoms with E-state index in [1.807, 2.05) is 0 Å². The Bertz CT molecular complexity index is 70.0. The number of rotatable bonds is 4. The van der Waals surface area contributed by atoms with Crippen molar-refractivity contribution in [2.24, 2.45) is 0 Å². The zero-order chi connectivity index (χ0) is 7.28. The molecule has 0 radical (unpaired) electrons. The highest BCUT2D eigenvalue weighted by atomic mass is 19.1. The zero-order valence-corrected chi connectivity index (χ0v) is 5.76. The van der Waals surface area contributed by atoms with Gasteiger partial charge in [0.25, 0.3) is 0 Å². The first kappa shape index (κ1) is 8.81. The lowest BCUT2D eigenvalue weighted by molar-refractivity contribution is 0.114. The topological polar surface area (TPSA) is 35.5 Å². The van der Waals surface area contributed by atoms with Gasteiger partial charge in [0.2, 0.25) is 0 Å². The fraction of sp³-hybridized carbons (Fsp3) is 1.00. The average Bonchev–Trinajstić information content (AvgIpc) is 1.83. The predicted molar refractivity (Wildman–Crippen MR) is 33.7 cm³/mol. The van der Waals surface area contributed by atoms with E-state index in [0.717, 1.165) is 0 Å². The summed E-state index contributed by atoms with van der Waals surface area (Å²) in [5.74, 6) is 0. The van der Waals surface area contributed by atoms with Gasteiger partial charge in [-0.3, -0.25) is 10.4 Å². The summed E-state index contributed by atoms with van der Waals surface area (Å²) in [6.45, 7) is -0.426. The second-order valence-electron chi connectivity index (χ2n) is 2.06. The van der Waals surface area contributed by atoms with Crippen molar-refractivity contribution in [1.29, 1.82) is 0 Å². The van der Waals surface area contributed by atoms with E-state index < -0.39 is 12.8 Å². The zero-order valence-electron chi connectivity index (χ0n) is 5.76. The van der Waals surface area contributed by atoms with Crippen molar-refractivity contribution in [3.05, 3.63) is 0 Å². The SMILES string of the molecule is CN(C)NCC(O)CF. The lowest BCUT2D eigenvalue weighted by Gasteiger charge is -2.13. The van der Waals surface area contributed by atoms with Crippen LogP contribution in [-0.2, 0) is 0 Å². The first-order valence-electron chi connectivity index (χ1n) is 2.81. The summed E-state index contributed by atoms with van der Waals surface area (Å²) in [5, 5.41) is 10.3. The van der Waals surface area contributed by atoms with Gasteiger partial charge < -0.3 is 5.11 Å². The molecule has 0 aromatic carbocycles. The molecule has 56 valence electrons. The molecule has 1 unspecified atom stereocenters.